The summed E-state index contributed by atoms with van der Waals surface area (Å²) in [6.07, 6.45) is 1.54. The van der Waals surface area contributed by atoms with Gasteiger partial charge in [-0.25, -0.2) is 0 Å². The van der Waals surface area contributed by atoms with E-state index in [9.17, 15) is 9.59 Å². The summed E-state index contributed by atoms with van der Waals surface area (Å²) in [7, 11) is 1.58. The molecule has 0 bridgehead atoms. The van der Waals surface area contributed by atoms with Gasteiger partial charge >= 0.3 is 0 Å². The Balaban J connectivity index is 1.75. The molecule has 0 aliphatic heterocycles. The second kappa shape index (κ2) is 9.62. The Labute approximate surface area is 162 Å². The van der Waals surface area contributed by atoms with Crippen molar-refractivity contribution in [2.24, 2.45) is 0 Å². The first kappa shape index (κ1) is 20.3. The summed E-state index contributed by atoms with van der Waals surface area (Å²) in [5.41, 5.74) is 0.922. The van der Waals surface area contributed by atoms with Crippen LogP contribution in [0.5, 0.6) is 0 Å². The van der Waals surface area contributed by atoms with Crippen molar-refractivity contribution in [2.75, 3.05) is 20.1 Å². The average molecular weight is 398 g/mol. The molecule has 1 aromatic carbocycles. The van der Waals surface area contributed by atoms with E-state index in [2.05, 4.69) is 10.6 Å². The number of furan rings is 1. The minimum Gasteiger partial charge on any atom is -0.467 e. The normalized spacial score (nSPS) is 11.8. The quantitative estimate of drug-likeness (QED) is 0.717. The number of hydrogen-bond donors (Lipinski definition) is 2. The lowest BCUT2D eigenvalue weighted by Gasteiger charge is -2.19. The third-order valence-electron chi connectivity index (χ3n) is 3.85. The highest BCUT2D eigenvalue weighted by atomic mass is 35.5. The second-order valence-electron chi connectivity index (χ2n) is 5.88. The third-order valence-corrected chi connectivity index (χ3v) is 4.59. The number of benzene rings is 1. The van der Waals surface area contributed by atoms with Crippen LogP contribution < -0.4 is 10.6 Å². The lowest BCUT2D eigenvalue weighted by atomic mass is 10.1. The van der Waals surface area contributed by atoms with E-state index in [0.717, 1.165) is 5.56 Å². The van der Waals surface area contributed by atoms with Gasteiger partial charge in [0.1, 0.15) is 5.76 Å². The van der Waals surface area contributed by atoms with Crippen molar-refractivity contribution in [3.8, 4) is 0 Å². The number of rotatable bonds is 8. The van der Waals surface area contributed by atoms with Crippen LogP contribution in [0.1, 0.15) is 24.3 Å². The van der Waals surface area contributed by atoms with Gasteiger partial charge in [-0.3, -0.25) is 9.59 Å². The van der Waals surface area contributed by atoms with Crippen LogP contribution in [0.4, 0.5) is 0 Å². The summed E-state index contributed by atoms with van der Waals surface area (Å²) in [6.45, 7) is 2.29. The van der Waals surface area contributed by atoms with Gasteiger partial charge in [-0.1, -0.05) is 29.3 Å². The minimum atomic E-state index is -0.255. The zero-order valence-corrected chi connectivity index (χ0v) is 16.1. The maximum atomic E-state index is 12.2. The van der Waals surface area contributed by atoms with Crippen LogP contribution in [0.2, 0.25) is 10.0 Å². The van der Waals surface area contributed by atoms with E-state index in [0.29, 0.717) is 22.4 Å². The highest BCUT2D eigenvalue weighted by Gasteiger charge is 2.15. The number of nitrogens with zero attached hydrogens (tertiary/aromatic N) is 1. The molecule has 1 unspecified atom stereocenters. The molecule has 140 valence electrons. The fourth-order valence-corrected chi connectivity index (χ4v) is 2.54. The molecule has 1 heterocycles. The molecule has 0 fully saturated rings. The first-order valence-corrected chi connectivity index (χ1v) is 8.83. The van der Waals surface area contributed by atoms with Crippen molar-refractivity contribution in [3.05, 3.63) is 58.0 Å². The van der Waals surface area contributed by atoms with E-state index in [1.54, 1.807) is 31.3 Å². The van der Waals surface area contributed by atoms with Gasteiger partial charge in [-0.2, -0.15) is 0 Å². The van der Waals surface area contributed by atoms with Gasteiger partial charge < -0.3 is 20.0 Å². The van der Waals surface area contributed by atoms with Crippen LogP contribution in [0.3, 0.4) is 0 Å². The van der Waals surface area contributed by atoms with Gasteiger partial charge in [-0.15, -0.1) is 0 Å². The van der Waals surface area contributed by atoms with E-state index in [-0.39, 0.29) is 30.9 Å². The summed E-state index contributed by atoms with van der Waals surface area (Å²) in [5, 5.41) is 6.77. The SMILES string of the molecule is CC(NCC(=O)N(C)CC(=O)NCc1ccco1)c1ccc(Cl)c(Cl)c1. The number of halogens is 2. The molecule has 0 saturated carbocycles. The number of likely N-dealkylation sites (N-methyl/N-ethyl adjacent to an activating group) is 1. The third kappa shape index (κ3) is 6.05. The topological polar surface area (TPSA) is 74.6 Å². The van der Waals surface area contributed by atoms with Crippen LogP contribution in [0, 0.1) is 0 Å². The molecule has 0 saturated heterocycles. The lowest BCUT2D eigenvalue weighted by Crippen LogP contribution is -2.42. The number of carbonyl (C=O) groups is 2. The van der Waals surface area contributed by atoms with Gasteiger partial charge in [0, 0.05) is 13.1 Å². The van der Waals surface area contributed by atoms with Crippen molar-refractivity contribution in [1.29, 1.82) is 0 Å². The minimum absolute atomic E-state index is 0.0254. The number of hydrogen-bond acceptors (Lipinski definition) is 4. The molecule has 0 radical (unpaired) electrons. The summed E-state index contributed by atoms with van der Waals surface area (Å²) >= 11 is 11.9. The van der Waals surface area contributed by atoms with Gasteiger partial charge in [0.05, 0.1) is 35.9 Å². The molecule has 8 heteroatoms. The Kier molecular flexibility index (Phi) is 7.50. The molecule has 0 spiro atoms. The van der Waals surface area contributed by atoms with E-state index in [4.69, 9.17) is 27.6 Å². The number of carbonyl (C=O) groups excluding carboxylic acids is 2. The van der Waals surface area contributed by atoms with Crippen molar-refractivity contribution in [3.63, 3.8) is 0 Å². The standard InChI is InChI=1S/C18H21Cl2N3O3/c1-12(13-5-6-15(19)16(20)8-13)21-10-18(25)23(2)11-17(24)22-9-14-4-3-7-26-14/h3-8,12,21H,9-11H2,1-2H3,(H,22,24). The molecule has 1 atom stereocenters. The second-order valence-corrected chi connectivity index (χ2v) is 6.70. The Morgan fingerprint density at radius 1 is 1.23 bits per heavy atom. The fourth-order valence-electron chi connectivity index (χ4n) is 2.23. The van der Waals surface area contributed by atoms with Crippen molar-refractivity contribution >= 4 is 35.0 Å². The molecule has 2 aromatic rings. The largest absolute Gasteiger partial charge is 0.467 e. The van der Waals surface area contributed by atoms with Crippen LogP contribution in [-0.4, -0.2) is 36.9 Å². The maximum absolute atomic E-state index is 12.2. The summed E-state index contributed by atoms with van der Waals surface area (Å²) in [4.78, 5) is 25.4. The predicted molar refractivity (Wildman–Crippen MR) is 101 cm³/mol. The Bertz CT molecular complexity index is 750. The number of nitrogens with one attached hydrogen (secondary N) is 2. The van der Waals surface area contributed by atoms with Gasteiger partial charge in [0.15, 0.2) is 0 Å². The van der Waals surface area contributed by atoms with Crippen molar-refractivity contribution in [2.45, 2.75) is 19.5 Å². The first-order valence-electron chi connectivity index (χ1n) is 8.08. The van der Waals surface area contributed by atoms with Gasteiger partial charge in [-0.05, 0) is 36.8 Å². The van der Waals surface area contributed by atoms with Gasteiger partial charge in [0.2, 0.25) is 11.8 Å². The van der Waals surface area contributed by atoms with Crippen LogP contribution in [-0.2, 0) is 16.1 Å². The van der Waals surface area contributed by atoms with E-state index < -0.39 is 0 Å². The zero-order chi connectivity index (χ0) is 19.1. The summed E-state index contributed by atoms with van der Waals surface area (Å²) in [5.74, 6) is 0.212. The predicted octanol–water partition coefficient (Wildman–Crippen LogP) is 3.01. The van der Waals surface area contributed by atoms with Crippen LogP contribution >= 0.6 is 23.2 Å². The molecule has 26 heavy (non-hydrogen) atoms. The molecule has 2 N–H and O–H groups in total. The van der Waals surface area contributed by atoms with E-state index in [1.165, 1.54) is 11.2 Å². The van der Waals surface area contributed by atoms with E-state index >= 15 is 0 Å². The lowest BCUT2D eigenvalue weighted by molar-refractivity contribution is -0.134. The number of amides is 2. The molecule has 2 rings (SSSR count). The van der Waals surface area contributed by atoms with Gasteiger partial charge in [0.25, 0.3) is 0 Å². The fraction of sp³-hybridized carbons (Fsp3) is 0.333. The monoisotopic (exact) mass is 397 g/mol. The van der Waals surface area contributed by atoms with Crippen LogP contribution in [0.25, 0.3) is 0 Å². The van der Waals surface area contributed by atoms with Crippen molar-refractivity contribution < 1.29 is 14.0 Å². The maximum Gasteiger partial charge on any atom is 0.239 e. The molecule has 2 amide bonds. The molecule has 0 aliphatic rings. The molecule has 6 nitrogen and oxygen atoms in total. The Morgan fingerprint density at radius 3 is 2.65 bits per heavy atom. The summed E-state index contributed by atoms with van der Waals surface area (Å²) in [6, 6.07) is 8.76. The Morgan fingerprint density at radius 2 is 2.00 bits per heavy atom. The molecular formula is C18H21Cl2N3O3. The molecule has 0 aliphatic carbocycles. The van der Waals surface area contributed by atoms with Crippen LogP contribution in [0.15, 0.2) is 41.0 Å². The van der Waals surface area contributed by atoms with E-state index in [1.807, 2.05) is 13.0 Å². The molecule has 1 aromatic heterocycles. The Hall–Kier alpha value is -2.02. The average Bonchev–Trinajstić information content (AvgIpc) is 3.13. The highest BCUT2D eigenvalue weighted by molar-refractivity contribution is 6.42. The molecular weight excluding hydrogens is 377 g/mol. The highest BCUT2D eigenvalue weighted by Crippen LogP contribution is 2.25. The zero-order valence-electron chi connectivity index (χ0n) is 14.6. The summed E-state index contributed by atoms with van der Waals surface area (Å²) < 4.78 is 5.14. The van der Waals surface area contributed by atoms with Crippen molar-refractivity contribution in [1.82, 2.24) is 15.5 Å². The first-order chi connectivity index (χ1) is 12.4. The smallest absolute Gasteiger partial charge is 0.239 e.